The normalized spacial score (nSPS) is 16.7. The number of ether oxygens (including phenoxy) is 1. The second-order valence-electron chi connectivity index (χ2n) is 7.06. The van der Waals surface area contributed by atoms with Crippen LogP contribution in [0.5, 0.6) is 5.75 Å². The van der Waals surface area contributed by atoms with Gasteiger partial charge in [-0.2, -0.15) is 4.98 Å². The average molecular weight is 441 g/mol. The van der Waals surface area contributed by atoms with Gasteiger partial charge in [0.15, 0.2) is 5.11 Å². The zero-order valence-electron chi connectivity index (χ0n) is 17.2. The molecule has 1 N–H and O–H groups in total. The van der Waals surface area contributed by atoms with Crippen molar-refractivity contribution in [2.24, 2.45) is 0 Å². The highest BCUT2D eigenvalue weighted by Gasteiger charge is 2.33. The van der Waals surface area contributed by atoms with Gasteiger partial charge < -0.3 is 19.5 Å². The maximum atomic E-state index is 5.74. The molecule has 4 rings (SSSR count). The molecular formula is C22H24N4O2S2. The summed E-state index contributed by atoms with van der Waals surface area (Å²) in [5, 5.41) is 10.4. The number of aromatic nitrogens is 2. The fourth-order valence-electron chi connectivity index (χ4n) is 3.53. The Hall–Kier alpha value is -2.71. The second kappa shape index (κ2) is 8.97. The van der Waals surface area contributed by atoms with Crippen LogP contribution in [0.15, 0.2) is 52.0 Å². The van der Waals surface area contributed by atoms with E-state index in [2.05, 4.69) is 29.2 Å². The monoisotopic (exact) mass is 440 g/mol. The highest BCUT2D eigenvalue weighted by molar-refractivity contribution is 7.80. The molecule has 0 radical (unpaired) electrons. The number of methoxy groups -OCH3 is 1. The maximum absolute atomic E-state index is 5.74. The molecule has 2 aromatic heterocycles. The Morgan fingerprint density at radius 1 is 1.27 bits per heavy atom. The summed E-state index contributed by atoms with van der Waals surface area (Å²) in [5.41, 5.74) is 3.04. The van der Waals surface area contributed by atoms with Gasteiger partial charge in [0.05, 0.1) is 23.6 Å². The van der Waals surface area contributed by atoms with Gasteiger partial charge in [-0.1, -0.05) is 36.7 Å². The van der Waals surface area contributed by atoms with Crippen molar-refractivity contribution in [3.63, 3.8) is 0 Å². The quantitative estimate of drug-likeness (QED) is 0.502. The van der Waals surface area contributed by atoms with Gasteiger partial charge in [-0.15, -0.1) is 11.3 Å². The van der Waals surface area contributed by atoms with Crippen molar-refractivity contribution in [3.05, 3.63) is 58.9 Å². The molecule has 0 bridgehead atoms. The van der Waals surface area contributed by atoms with Crippen LogP contribution in [0.4, 0.5) is 0 Å². The molecule has 0 spiro atoms. The summed E-state index contributed by atoms with van der Waals surface area (Å²) in [7, 11) is 1.66. The van der Waals surface area contributed by atoms with Gasteiger partial charge in [0, 0.05) is 12.2 Å². The van der Waals surface area contributed by atoms with E-state index in [0.717, 1.165) is 46.8 Å². The van der Waals surface area contributed by atoms with E-state index < -0.39 is 0 Å². The number of rotatable bonds is 7. The first kappa shape index (κ1) is 20.6. The summed E-state index contributed by atoms with van der Waals surface area (Å²) < 4.78 is 11.0. The molecule has 0 amide bonds. The molecule has 30 heavy (non-hydrogen) atoms. The number of hydrogen-bond acceptors (Lipinski definition) is 6. The summed E-state index contributed by atoms with van der Waals surface area (Å²) >= 11 is 7.30. The molecule has 0 saturated carbocycles. The lowest BCUT2D eigenvalue weighted by atomic mass is 9.94. The Labute approximate surface area is 185 Å². The van der Waals surface area contributed by atoms with Crippen molar-refractivity contribution in [2.75, 3.05) is 13.7 Å². The fourth-order valence-corrected chi connectivity index (χ4v) is 4.52. The number of nitrogens with one attached hydrogen (secondary N) is 1. The minimum Gasteiger partial charge on any atom is -0.497 e. The highest BCUT2D eigenvalue weighted by Crippen LogP contribution is 2.38. The number of hydrogen-bond donors (Lipinski definition) is 1. The Bertz CT molecular complexity index is 1040. The van der Waals surface area contributed by atoms with Crippen LogP contribution in [0, 0.1) is 0 Å². The van der Waals surface area contributed by atoms with Crippen LogP contribution in [0.1, 0.15) is 44.2 Å². The third-order valence-electron chi connectivity index (χ3n) is 5.18. The van der Waals surface area contributed by atoms with E-state index in [4.69, 9.17) is 26.5 Å². The molecule has 3 heterocycles. The maximum Gasteiger partial charge on any atom is 0.258 e. The summed E-state index contributed by atoms with van der Waals surface area (Å²) in [6, 6.07) is 11.7. The van der Waals surface area contributed by atoms with E-state index in [9.17, 15) is 0 Å². The van der Waals surface area contributed by atoms with Crippen molar-refractivity contribution in [2.45, 2.75) is 32.7 Å². The first-order valence-electron chi connectivity index (χ1n) is 9.93. The SMILES string of the molecule is CCCCN1C(=S)NC(c2ccc(OC)cc2)C(c2nc(-c3cccs3)no2)=C1C. The van der Waals surface area contributed by atoms with E-state index in [-0.39, 0.29) is 6.04 Å². The van der Waals surface area contributed by atoms with Gasteiger partial charge >= 0.3 is 0 Å². The molecule has 8 heteroatoms. The van der Waals surface area contributed by atoms with Gasteiger partial charge in [-0.05, 0) is 54.7 Å². The molecule has 6 nitrogen and oxygen atoms in total. The van der Waals surface area contributed by atoms with Crippen molar-refractivity contribution in [1.29, 1.82) is 0 Å². The predicted molar refractivity (Wildman–Crippen MR) is 123 cm³/mol. The molecule has 156 valence electrons. The topological polar surface area (TPSA) is 63.4 Å². The molecule has 0 saturated heterocycles. The minimum atomic E-state index is -0.182. The smallest absolute Gasteiger partial charge is 0.258 e. The van der Waals surface area contributed by atoms with Gasteiger partial charge in [0.2, 0.25) is 5.82 Å². The lowest BCUT2D eigenvalue weighted by Gasteiger charge is -2.37. The zero-order valence-corrected chi connectivity index (χ0v) is 18.8. The van der Waals surface area contributed by atoms with Crippen LogP contribution < -0.4 is 10.1 Å². The third-order valence-corrected chi connectivity index (χ3v) is 6.38. The third kappa shape index (κ3) is 3.97. The van der Waals surface area contributed by atoms with Crippen LogP contribution in [0.3, 0.4) is 0 Å². The van der Waals surface area contributed by atoms with Gasteiger partial charge in [-0.3, -0.25) is 0 Å². The first-order valence-corrected chi connectivity index (χ1v) is 11.2. The van der Waals surface area contributed by atoms with Crippen LogP contribution in [-0.4, -0.2) is 33.8 Å². The lowest BCUT2D eigenvalue weighted by Crippen LogP contribution is -2.46. The van der Waals surface area contributed by atoms with Crippen LogP contribution >= 0.6 is 23.6 Å². The number of unbranched alkanes of at least 4 members (excludes halogenated alkanes) is 1. The van der Waals surface area contributed by atoms with Crippen molar-refractivity contribution in [3.8, 4) is 16.5 Å². The number of thiophene rings is 1. The number of benzene rings is 1. The molecule has 1 unspecified atom stereocenters. The Morgan fingerprint density at radius 2 is 2.07 bits per heavy atom. The molecule has 1 atom stereocenters. The summed E-state index contributed by atoms with van der Waals surface area (Å²) in [5.74, 6) is 1.91. The van der Waals surface area contributed by atoms with Gasteiger partial charge in [-0.25, -0.2) is 0 Å². The molecule has 1 aromatic carbocycles. The van der Waals surface area contributed by atoms with Gasteiger partial charge in [0.25, 0.3) is 5.89 Å². The van der Waals surface area contributed by atoms with E-state index in [1.54, 1.807) is 18.4 Å². The Morgan fingerprint density at radius 3 is 2.73 bits per heavy atom. The molecule has 0 aliphatic carbocycles. The van der Waals surface area contributed by atoms with Crippen LogP contribution in [0.25, 0.3) is 16.3 Å². The van der Waals surface area contributed by atoms with Crippen LogP contribution in [0.2, 0.25) is 0 Å². The summed E-state index contributed by atoms with van der Waals surface area (Å²) in [4.78, 5) is 7.82. The Kier molecular flexibility index (Phi) is 6.15. The fraction of sp³-hybridized carbons (Fsp3) is 0.318. The van der Waals surface area contributed by atoms with Crippen molar-refractivity contribution >= 4 is 34.2 Å². The molecular weight excluding hydrogens is 416 g/mol. The largest absolute Gasteiger partial charge is 0.497 e. The van der Waals surface area contributed by atoms with Crippen molar-refractivity contribution in [1.82, 2.24) is 20.4 Å². The number of thiocarbonyl (C=S) groups is 1. The van der Waals surface area contributed by atoms with Crippen LogP contribution in [-0.2, 0) is 0 Å². The minimum absolute atomic E-state index is 0.182. The summed E-state index contributed by atoms with van der Waals surface area (Å²) in [6.07, 6.45) is 2.14. The standard InChI is InChI=1S/C22H24N4O2S2/c1-4-5-12-26-14(2)18(21-24-20(25-28-21)17-7-6-13-30-17)19(23-22(26)29)15-8-10-16(27-3)11-9-15/h6-11,13,19H,4-5,12H2,1-3H3,(H,23,29). The molecule has 1 aliphatic rings. The van der Waals surface area contributed by atoms with E-state index in [1.807, 2.05) is 41.8 Å². The predicted octanol–water partition coefficient (Wildman–Crippen LogP) is 5.27. The van der Waals surface area contributed by atoms with E-state index in [0.29, 0.717) is 16.8 Å². The van der Waals surface area contributed by atoms with E-state index >= 15 is 0 Å². The number of nitrogens with zero attached hydrogens (tertiary/aromatic N) is 3. The highest BCUT2D eigenvalue weighted by atomic mass is 32.1. The van der Waals surface area contributed by atoms with Crippen molar-refractivity contribution < 1.29 is 9.26 Å². The number of allylic oxidation sites excluding steroid dienone is 1. The average Bonchev–Trinajstić information content (AvgIpc) is 3.45. The first-order chi connectivity index (χ1) is 14.6. The van der Waals surface area contributed by atoms with E-state index in [1.165, 1.54) is 0 Å². The zero-order chi connectivity index (χ0) is 21.1. The molecule has 3 aromatic rings. The molecule has 1 aliphatic heterocycles. The second-order valence-corrected chi connectivity index (χ2v) is 8.39. The van der Waals surface area contributed by atoms with Gasteiger partial charge in [0.1, 0.15) is 5.75 Å². The Balaban J connectivity index is 1.78. The molecule has 0 fully saturated rings. The summed E-state index contributed by atoms with van der Waals surface area (Å²) in [6.45, 7) is 5.09. The lowest BCUT2D eigenvalue weighted by molar-refractivity contribution is 0.395.